The molecular formula is C21H29N2O+. The predicted octanol–water partition coefficient (Wildman–Crippen LogP) is 2.56. The van der Waals surface area contributed by atoms with E-state index >= 15 is 0 Å². The summed E-state index contributed by atoms with van der Waals surface area (Å²) in [5.41, 5.74) is 4.50. The highest BCUT2D eigenvalue weighted by atomic mass is 16.1. The van der Waals surface area contributed by atoms with Crippen LogP contribution in [-0.4, -0.2) is 20.0 Å². The molecule has 3 heteroatoms. The van der Waals surface area contributed by atoms with Crippen LogP contribution in [0.5, 0.6) is 0 Å². The van der Waals surface area contributed by atoms with E-state index in [1.807, 2.05) is 30.3 Å². The molecule has 2 N–H and O–H groups in total. The highest BCUT2D eigenvalue weighted by Crippen LogP contribution is 2.22. The van der Waals surface area contributed by atoms with Gasteiger partial charge in [-0.15, -0.1) is 0 Å². The van der Waals surface area contributed by atoms with Crippen molar-refractivity contribution in [3.63, 3.8) is 0 Å². The Hall–Kier alpha value is -2.13. The van der Waals surface area contributed by atoms with Crippen molar-refractivity contribution in [2.24, 2.45) is 0 Å². The van der Waals surface area contributed by atoms with Crippen LogP contribution in [0.1, 0.15) is 47.8 Å². The van der Waals surface area contributed by atoms with Gasteiger partial charge in [0.2, 0.25) is 0 Å². The number of nitrogens with one attached hydrogen (secondary N) is 2. The van der Waals surface area contributed by atoms with E-state index in [4.69, 9.17) is 0 Å². The third-order valence-corrected chi connectivity index (χ3v) is 4.11. The Bertz CT molecular complexity index is 682. The molecule has 2 aromatic rings. The van der Waals surface area contributed by atoms with Crippen LogP contribution in [0.15, 0.2) is 48.5 Å². The SMILES string of the molecule is C[NH+](C)Cc1ccccc1CNC(=O)c1ccc(C(C)(C)C)cc1. The topological polar surface area (TPSA) is 33.5 Å². The average Bonchev–Trinajstić information content (AvgIpc) is 2.52. The van der Waals surface area contributed by atoms with Crippen LogP contribution in [0.4, 0.5) is 0 Å². The van der Waals surface area contributed by atoms with Gasteiger partial charge in [0.05, 0.1) is 14.1 Å². The number of hydrogen-bond acceptors (Lipinski definition) is 1. The van der Waals surface area contributed by atoms with Crippen molar-refractivity contribution in [1.29, 1.82) is 0 Å². The number of benzene rings is 2. The van der Waals surface area contributed by atoms with Gasteiger partial charge in [-0.25, -0.2) is 0 Å². The Balaban J connectivity index is 2.03. The van der Waals surface area contributed by atoms with Gasteiger partial charge in [-0.1, -0.05) is 57.2 Å². The average molecular weight is 325 g/mol. The zero-order chi connectivity index (χ0) is 17.7. The number of carbonyl (C=O) groups is 1. The van der Waals surface area contributed by atoms with Crippen molar-refractivity contribution in [3.8, 4) is 0 Å². The maximum Gasteiger partial charge on any atom is 0.251 e. The Kier molecular flexibility index (Phi) is 5.79. The summed E-state index contributed by atoms with van der Waals surface area (Å²) in [5.74, 6) is -0.0255. The maximum atomic E-state index is 12.4. The minimum absolute atomic E-state index is 0.0255. The molecule has 24 heavy (non-hydrogen) atoms. The van der Waals surface area contributed by atoms with Gasteiger partial charge in [0.25, 0.3) is 5.91 Å². The van der Waals surface area contributed by atoms with Crippen molar-refractivity contribution < 1.29 is 9.69 Å². The molecule has 0 aliphatic heterocycles. The lowest BCUT2D eigenvalue weighted by Crippen LogP contribution is -3.04. The van der Waals surface area contributed by atoms with Crippen LogP contribution in [-0.2, 0) is 18.5 Å². The van der Waals surface area contributed by atoms with Crippen molar-refractivity contribution in [3.05, 3.63) is 70.8 Å². The van der Waals surface area contributed by atoms with E-state index in [9.17, 15) is 4.79 Å². The molecule has 0 heterocycles. The molecular weight excluding hydrogens is 296 g/mol. The second-order valence-corrected chi connectivity index (χ2v) is 7.66. The first-order valence-electron chi connectivity index (χ1n) is 8.52. The fourth-order valence-electron chi connectivity index (χ4n) is 2.68. The lowest BCUT2D eigenvalue weighted by Gasteiger charge is -2.19. The monoisotopic (exact) mass is 325 g/mol. The Morgan fingerprint density at radius 3 is 2.08 bits per heavy atom. The molecule has 0 unspecified atom stereocenters. The lowest BCUT2D eigenvalue weighted by atomic mass is 9.87. The molecule has 0 saturated heterocycles. The first-order valence-corrected chi connectivity index (χ1v) is 8.52. The van der Waals surface area contributed by atoms with Gasteiger partial charge in [-0.05, 0) is 28.7 Å². The van der Waals surface area contributed by atoms with Gasteiger partial charge in [0.1, 0.15) is 6.54 Å². The van der Waals surface area contributed by atoms with Crippen molar-refractivity contribution >= 4 is 5.91 Å². The third-order valence-electron chi connectivity index (χ3n) is 4.11. The first-order chi connectivity index (χ1) is 11.3. The molecule has 0 radical (unpaired) electrons. The van der Waals surface area contributed by atoms with Gasteiger partial charge >= 0.3 is 0 Å². The van der Waals surface area contributed by atoms with E-state index in [-0.39, 0.29) is 11.3 Å². The second-order valence-electron chi connectivity index (χ2n) is 7.66. The molecule has 2 aromatic carbocycles. The molecule has 0 aliphatic rings. The van der Waals surface area contributed by atoms with Crippen LogP contribution in [0, 0.1) is 0 Å². The van der Waals surface area contributed by atoms with Gasteiger partial charge in [0.15, 0.2) is 0 Å². The van der Waals surface area contributed by atoms with Crippen molar-refractivity contribution in [2.75, 3.05) is 14.1 Å². The van der Waals surface area contributed by atoms with E-state index < -0.39 is 0 Å². The summed E-state index contributed by atoms with van der Waals surface area (Å²) in [6.45, 7) is 8.03. The van der Waals surface area contributed by atoms with E-state index in [1.54, 1.807) is 0 Å². The van der Waals surface area contributed by atoms with Crippen LogP contribution in [0.25, 0.3) is 0 Å². The first kappa shape index (κ1) is 18.2. The minimum Gasteiger partial charge on any atom is -0.348 e. The third kappa shape index (κ3) is 4.93. The lowest BCUT2D eigenvalue weighted by molar-refractivity contribution is -0.872. The summed E-state index contributed by atoms with van der Waals surface area (Å²) in [4.78, 5) is 13.8. The minimum atomic E-state index is -0.0255. The number of quaternary nitrogens is 1. The molecule has 0 fully saturated rings. The van der Waals surface area contributed by atoms with Crippen LogP contribution < -0.4 is 10.2 Å². The molecule has 0 spiro atoms. The Labute approximate surface area is 145 Å². The van der Waals surface area contributed by atoms with Crippen LogP contribution >= 0.6 is 0 Å². The van der Waals surface area contributed by atoms with Crippen LogP contribution in [0.3, 0.4) is 0 Å². The highest BCUT2D eigenvalue weighted by molar-refractivity contribution is 5.94. The van der Waals surface area contributed by atoms with Crippen molar-refractivity contribution in [1.82, 2.24) is 5.32 Å². The fourth-order valence-corrected chi connectivity index (χ4v) is 2.68. The smallest absolute Gasteiger partial charge is 0.251 e. The summed E-state index contributed by atoms with van der Waals surface area (Å²) in [7, 11) is 4.26. The van der Waals surface area contributed by atoms with Gasteiger partial charge < -0.3 is 10.2 Å². The summed E-state index contributed by atoms with van der Waals surface area (Å²) in [6, 6.07) is 16.2. The predicted molar refractivity (Wildman–Crippen MR) is 99.3 cm³/mol. The van der Waals surface area contributed by atoms with Gasteiger partial charge in [-0.3, -0.25) is 4.79 Å². The normalized spacial score (nSPS) is 11.6. The van der Waals surface area contributed by atoms with Crippen molar-refractivity contribution in [2.45, 2.75) is 39.3 Å². The van der Waals surface area contributed by atoms with Crippen LogP contribution in [0.2, 0.25) is 0 Å². The zero-order valence-electron chi connectivity index (χ0n) is 15.4. The summed E-state index contributed by atoms with van der Waals surface area (Å²) >= 11 is 0. The molecule has 128 valence electrons. The number of rotatable bonds is 5. The standard InChI is InChI=1S/C21H28N2O/c1-21(2,3)19-12-10-16(11-13-19)20(24)22-14-17-8-6-7-9-18(17)15-23(4)5/h6-13H,14-15H2,1-5H3,(H,22,24)/p+1. The maximum absolute atomic E-state index is 12.4. The number of amides is 1. The Morgan fingerprint density at radius 1 is 0.958 bits per heavy atom. The molecule has 0 aromatic heterocycles. The Morgan fingerprint density at radius 2 is 1.54 bits per heavy atom. The van der Waals surface area contributed by atoms with E-state index in [2.05, 4.69) is 58.4 Å². The molecule has 0 bridgehead atoms. The molecule has 3 nitrogen and oxygen atoms in total. The number of carbonyl (C=O) groups excluding carboxylic acids is 1. The van der Waals surface area contributed by atoms with E-state index in [0.29, 0.717) is 12.1 Å². The highest BCUT2D eigenvalue weighted by Gasteiger charge is 2.14. The van der Waals surface area contributed by atoms with Gasteiger partial charge in [0, 0.05) is 17.7 Å². The van der Waals surface area contributed by atoms with E-state index in [0.717, 1.165) is 6.54 Å². The molecule has 0 saturated carbocycles. The quantitative estimate of drug-likeness (QED) is 0.870. The second kappa shape index (κ2) is 7.63. The summed E-state index contributed by atoms with van der Waals surface area (Å²) in [6.07, 6.45) is 0. The van der Waals surface area contributed by atoms with E-state index in [1.165, 1.54) is 21.6 Å². The zero-order valence-corrected chi connectivity index (χ0v) is 15.4. The summed E-state index contributed by atoms with van der Waals surface area (Å²) < 4.78 is 0. The molecule has 1 amide bonds. The number of hydrogen-bond donors (Lipinski definition) is 2. The molecule has 0 atom stereocenters. The summed E-state index contributed by atoms with van der Waals surface area (Å²) in [5, 5.41) is 3.04. The largest absolute Gasteiger partial charge is 0.348 e. The molecule has 0 aliphatic carbocycles. The molecule has 2 rings (SSSR count). The fraction of sp³-hybridized carbons (Fsp3) is 0.381. The van der Waals surface area contributed by atoms with Gasteiger partial charge in [-0.2, -0.15) is 0 Å².